The second-order valence-corrected chi connectivity index (χ2v) is 10.6. The first-order valence-corrected chi connectivity index (χ1v) is 13.3. The quantitative estimate of drug-likeness (QED) is 0.230. The van der Waals surface area contributed by atoms with E-state index in [0.717, 1.165) is 0 Å². The number of carbonyl (C=O) groups excluding carboxylic acids is 1. The van der Waals surface area contributed by atoms with E-state index < -0.39 is 32.9 Å². The summed E-state index contributed by atoms with van der Waals surface area (Å²) in [6.45, 7) is 1.71. The molecule has 0 saturated carbocycles. The van der Waals surface area contributed by atoms with Crippen molar-refractivity contribution in [2.24, 2.45) is 0 Å². The molecule has 0 radical (unpaired) electrons. The number of nitrogens with one attached hydrogen (secondary N) is 2. The Kier molecular flexibility index (Phi) is 9.24. The van der Waals surface area contributed by atoms with Gasteiger partial charge < -0.3 is 20.5 Å². The highest BCUT2D eigenvalue weighted by atomic mass is 35.5. The molecule has 37 heavy (non-hydrogen) atoms. The Hall–Kier alpha value is -3.48. The van der Waals surface area contributed by atoms with Crippen molar-refractivity contribution < 1.29 is 27.9 Å². The molecule has 2 aromatic heterocycles. The molecule has 0 spiro atoms. The number of amides is 1. The van der Waals surface area contributed by atoms with Crippen LogP contribution in [0.25, 0.3) is 0 Å². The molecule has 3 rings (SSSR count). The molecular weight excluding hydrogens is 545 g/mol. The molecule has 1 atom stereocenters. The van der Waals surface area contributed by atoms with E-state index in [0.29, 0.717) is 17.7 Å². The van der Waals surface area contributed by atoms with Crippen molar-refractivity contribution in [1.29, 1.82) is 0 Å². The summed E-state index contributed by atoms with van der Waals surface area (Å²) in [5.41, 5.74) is 1.32. The van der Waals surface area contributed by atoms with Crippen molar-refractivity contribution in [3.05, 3.63) is 63.9 Å². The summed E-state index contributed by atoms with van der Waals surface area (Å²) >= 11 is 11.7. The van der Waals surface area contributed by atoms with E-state index in [1.165, 1.54) is 25.3 Å². The molecule has 1 aromatic carbocycles. The third-order valence-corrected chi connectivity index (χ3v) is 7.01. The van der Waals surface area contributed by atoms with Gasteiger partial charge in [0.05, 0.1) is 12.9 Å². The zero-order valence-electron chi connectivity index (χ0n) is 19.7. The average molecular weight is 568 g/mol. The normalized spacial score (nSPS) is 12.0. The summed E-state index contributed by atoms with van der Waals surface area (Å²) in [6.07, 6.45) is 0.395. The van der Waals surface area contributed by atoms with E-state index in [1.807, 2.05) is 0 Å². The van der Waals surface area contributed by atoms with Crippen LogP contribution in [-0.2, 0) is 21.1 Å². The van der Waals surface area contributed by atoms with E-state index in [1.54, 1.807) is 31.2 Å². The van der Waals surface area contributed by atoms with Crippen LogP contribution in [0.4, 0.5) is 11.5 Å². The lowest BCUT2D eigenvalue weighted by Gasteiger charge is -2.16. The Morgan fingerprint density at radius 3 is 2.27 bits per heavy atom. The van der Waals surface area contributed by atoms with Gasteiger partial charge in [-0.05, 0) is 36.2 Å². The van der Waals surface area contributed by atoms with Crippen LogP contribution in [0.5, 0.6) is 5.88 Å². The summed E-state index contributed by atoms with van der Waals surface area (Å²) in [7, 11) is -2.45. The lowest BCUT2D eigenvalue weighted by molar-refractivity contribution is -0.137. The van der Waals surface area contributed by atoms with Crippen LogP contribution in [0.2, 0.25) is 10.3 Å². The number of sulfone groups is 1. The molecule has 1 amide bonds. The molecule has 0 aliphatic carbocycles. The van der Waals surface area contributed by atoms with Gasteiger partial charge in [0.2, 0.25) is 15.7 Å². The number of nitrogens with zero attached hydrogens (tertiary/aromatic N) is 3. The largest absolute Gasteiger partial charge is 0.481 e. The van der Waals surface area contributed by atoms with Crippen LogP contribution in [0.1, 0.15) is 29.3 Å². The van der Waals surface area contributed by atoms with Gasteiger partial charge in [-0.25, -0.2) is 23.2 Å². The average Bonchev–Trinajstić information content (AvgIpc) is 2.83. The molecule has 2 heterocycles. The number of carboxylic acid groups (broad SMARTS) is 1. The number of anilines is 2. The van der Waals surface area contributed by atoms with Gasteiger partial charge in [0.15, 0.2) is 0 Å². The maximum Gasteiger partial charge on any atom is 0.326 e. The van der Waals surface area contributed by atoms with E-state index in [2.05, 4.69) is 25.6 Å². The van der Waals surface area contributed by atoms with Crippen molar-refractivity contribution in [3.8, 4) is 5.88 Å². The number of carbonyl (C=O) groups is 2. The van der Waals surface area contributed by atoms with Crippen LogP contribution in [0.3, 0.4) is 0 Å². The fourth-order valence-corrected chi connectivity index (χ4v) is 4.87. The van der Waals surface area contributed by atoms with E-state index in [4.69, 9.17) is 27.9 Å². The Morgan fingerprint density at radius 2 is 1.70 bits per heavy atom. The first kappa shape index (κ1) is 28.1. The second-order valence-electron chi connectivity index (χ2n) is 7.79. The van der Waals surface area contributed by atoms with Gasteiger partial charge in [0.1, 0.15) is 22.2 Å². The van der Waals surface area contributed by atoms with Crippen molar-refractivity contribution in [2.45, 2.75) is 31.0 Å². The number of rotatable bonds is 11. The summed E-state index contributed by atoms with van der Waals surface area (Å²) in [5.74, 6) is -1.82. The predicted octanol–water partition coefficient (Wildman–Crippen LogP) is 3.73. The molecule has 14 heteroatoms. The Morgan fingerprint density at radius 1 is 1.05 bits per heavy atom. The van der Waals surface area contributed by atoms with Gasteiger partial charge >= 0.3 is 5.97 Å². The maximum atomic E-state index is 12.5. The van der Waals surface area contributed by atoms with Gasteiger partial charge in [0, 0.05) is 23.7 Å². The minimum atomic E-state index is -3.76. The summed E-state index contributed by atoms with van der Waals surface area (Å²) in [6, 6.07) is 9.44. The SMILES string of the molecule is CCCS(=O)(=O)c1nc(N[C@@H](Cc2ccc(NC(=O)c3cc(Cl)nc(Cl)c3)cc2)C(=O)O)cc(OC)n1. The van der Waals surface area contributed by atoms with Gasteiger partial charge in [-0.2, -0.15) is 4.98 Å². The van der Waals surface area contributed by atoms with Crippen molar-refractivity contribution in [2.75, 3.05) is 23.5 Å². The first-order valence-electron chi connectivity index (χ1n) is 10.9. The number of ether oxygens (including phenoxy) is 1. The maximum absolute atomic E-state index is 12.5. The van der Waals surface area contributed by atoms with Crippen LogP contribution < -0.4 is 15.4 Å². The lowest BCUT2D eigenvalue weighted by Crippen LogP contribution is -2.32. The number of hydrogen-bond donors (Lipinski definition) is 3. The summed E-state index contributed by atoms with van der Waals surface area (Å²) < 4.78 is 29.9. The molecule has 0 aliphatic rings. The van der Waals surface area contributed by atoms with E-state index in [-0.39, 0.29) is 39.7 Å². The zero-order valence-corrected chi connectivity index (χ0v) is 22.1. The van der Waals surface area contributed by atoms with Gasteiger partial charge in [-0.15, -0.1) is 0 Å². The summed E-state index contributed by atoms with van der Waals surface area (Å²) in [5, 5.41) is 14.9. The number of benzene rings is 1. The molecule has 0 aliphatic heterocycles. The van der Waals surface area contributed by atoms with Gasteiger partial charge in [0.25, 0.3) is 11.1 Å². The molecule has 0 unspecified atom stereocenters. The number of methoxy groups -OCH3 is 1. The van der Waals surface area contributed by atoms with Crippen molar-refractivity contribution in [3.63, 3.8) is 0 Å². The second kappa shape index (κ2) is 12.2. The van der Waals surface area contributed by atoms with E-state index >= 15 is 0 Å². The van der Waals surface area contributed by atoms with Gasteiger partial charge in [-0.3, -0.25) is 4.79 Å². The molecule has 0 fully saturated rings. The highest BCUT2D eigenvalue weighted by molar-refractivity contribution is 7.91. The highest BCUT2D eigenvalue weighted by Crippen LogP contribution is 2.20. The smallest absolute Gasteiger partial charge is 0.326 e. The van der Waals surface area contributed by atoms with Crippen molar-refractivity contribution in [1.82, 2.24) is 15.0 Å². The molecule has 3 aromatic rings. The number of carboxylic acids is 1. The Bertz CT molecular complexity index is 1380. The topological polar surface area (TPSA) is 160 Å². The standard InChI is InChI=1S/C23H23Cl2N5O6S/c1-3-8-37(34,35)23-29-19(12-20(30-23)36-2)27-16(22(32)33)9-13-4-6-15(7-5-13)26-21(31)14-10-17(24)28-18(25)11-14/h4-7,10-12,16H,3,8-9H2,1-2H3,(H,26,31)(H,32,33)(H,27,29,30)/t16-/m0/s1. The van der Waals surface area contributed by atoms with Crippen LogP contribution in [0, 0.1) is 0 Å². The minimum absolute atomic E-state index is 0.00696. The fraction of sp³-hybridized carbons (Fsp3) is 0.261. The molecule has 3 N–H and O–H groups in total. The van der Waals surface area contributed by atoms with Crippen LogP contribution in [0.15, 0.2) is 47.6 Å². The number of pyridine rings is 1. The van der Waals surface area contributed by atoms with E-state index in [9.17, 15) is 23.1 Å². The number of hydrogen-bond acceptors (Lipinski definition) is 9. The first-order chi connectivity index (χ1) is 17.5. The number of aliphatic carboxylic acids is 1. The minimum Gasteiger partial charge on any atom is -0.481 e. The zero-order chi connectivity index (χ0) is 27.2. The Balaban J connectivity index is 1.74. The molecule has 0 bridgehead atoms. The fourth-order valence-electron chi connectivity index (χ4n) is 3.22. The van der Waals surface area contributed by atoms with Gasteiger partial charge in [-0.1, -0.05) is 42.3 Å². The highest BCUT2D eigenvalue weighted by Gasteiger charge is 2.23. The molecule has 196 valence electrons. The Labute approximate surface area is 223 Å². The van der Waals surface area contributed by atoms with Crippen LogP contribution in [-0.4, -0.2) is 59.3 Å². The van der Waals surface area contributed by atoms with Crippen molar-refractivity contribution >= 4 is 56.4 Å². The molecule has 0 saturated heterocycles. The lowest BCUT2D eigenvalue weighted by atomic mass is 10.1. The third kappa shape index (κ3) is 7.75. The monoisotopic (exact) mass is 567 g/mol. The summed E-state index contributed by atoms with van der Waals surface area (Å²) in [4.78, 5) is 36.1. The molecular formula is C23H23Cl2N5O6S. The van der Waals surface area contributed by atoms with Crippen LogP contribution >= 0.6 is 23.2 Å². The molecule has 11 nitrogen and oxygen atoms in total. The third-order valence-electron chi connectivity index (χ3n) is 4.94. The number of aromatic nitrogens is 3. The number of halogens is 2. The predicted molar refractivity (Wildman–Crippen MR) is 138 cm³/mol.